The minimum atomic E-state index is 0.147. The number of carbonyl (C=O) groups excluding carboxylic acids is 2. The molecule has 0 aromatic heterocycles. The number of ether oxygens (including phenoxy) is 3. The number of allylic oxidation sites excluding steroid dienone is 2. The molecule has 0 spiro atoms. The van der Waals surface area contributed by atoms with E-state index in [1.165, 1.54) is 55.7 Å². The Bertz CT molecular complexity index is 2220. The van der Waals surface area contributed by atoms with Crippen molar-refractivity contribution in [2.75, 3.05) is 60.5 Å². The molecule has 8 rings (SSSR count). The maximum absolute atomic E-state index is 11.7. The van der Waals surface area contributed by atoms with Crippen molar-refractivity contribution in [1.82, 2.24) is 20.4 Å². The van der Waals surface area contributed by atoms with Crippen LogP contribution in [-0.2, 0) is 42.1 Å². The number of fused-ring (bicyclic) bond motifs is 2. The smallest absolute Gasteiger partial charge is 0.225 e. The van der Waals surface area contributed by atoms with Gasteiger partial charge in [-0.2, -0.15) is 0 Å². The Kier molecular flexibility index (Phi) is 14.1. The number of aryl methyl sites for hydroxylation is 3. The number of methoxy groups -OCH3 is 1. The monoisotopic (exact) mass is 810 g/mol. The first-order chi connectivity index (χ1) is 29.2. The maximum atomic E-state index is 11.7. The predicted molar refractivity (Wildman–Crippen MR) is 240 cm³/mol. The molecule has 2 amide bonds. The lowest BCUT2D eigenvalue weighted by atomic mass is 9.85. The minimum Gasteiger partial charge on any atom is -0.496 e. The first-order valence-corrected chi connectivity index (χ1v) is 21.6. The van der Waals surface area contributed by atoms with Crippen molar-refractivity contribution in [2.24, 2.45) is 11.8 Å². The molecule has 0 radical (unpaired) electrons. The molecule has 9 nitrogen and oxygen atoms in total. The Morgan fingerprint density at radius 3 is 1.63 bits per heavy atom. The van der Waals surface area contributed by atoms with Gasteiger partial charge in [0.1, 0.15) is 30.5 Å². The third-order valence-corrected chi connectivity index (χ3v) is 12.8. The van der Waals surface area contributed by atoms with Gasteiger partial charge in [-0.15, -0.1) is 0 Å². The van der Waals surface area contributed by atoms with E-state index < -0.39 is 0 Å². The van der Waals surface area contributed by atoms with Gasteiger partial charge in [0.05, 0.1) is 18.9 Å². The van der Waals surface area contributed by atoms with Gasteiger partial charge in [-0.1, -0.05) is 72.7 Å². The fraction of sp³-hybridized carbons (Fsp3) is 0.412. The minimum absolute atomic E-state index is 0.147. The third-order valence-electron chi connectivity index (χ3n) is 12.8. The molecule has 60 heavy (non-hydrogen) atoms. The summed E-state index contributed by atoms with van der Waals surface area (Å²) in [5, 5.41) is 5.50. The Hall–Kier alpha value is -5.38. The van der Waals surface area contributed by atoms with Crippen molar-refractivity contribution in [1.29, 1.82) is 0 Å². The molecule has 2 aliphatic carbocycles. The summed E-state index contributed by atoms with van der Waals surface area (Å²) in [5.41, 5.74) is 14.7. The van der Waals surface area contributed by atoms with E-state index in [9.17, 15) is 9.59 Å². The van der Waals surface area contributed by atoms with Crippen molar-refractivity contribution in [3.05, 3.63) is 135 Å². The number of benzene rings is 4. The lowest BCUT2D eigenvalue weighted by Crippen LogP contribution is -2.53. The summed E-state index contributed by atoms with van der Waals surface area (Å²) in [6.07, 6.45) is 5.22. The molecule has 0 bridgehead atoms. The molecule has 0 unspecified atom stereocenters. The van der Waals surface area contributed by atoms with E-state index in [1.807, 2.05) is 18.2 Å². The number of rotatable bonds is 14. The second kappa shape index (κ2) is 19.8. The molecule has 2 N–H and O–H groups in total. The van der Waals surface area contributed by atoms with Gasteiger partial charge in [0, 0.05) is 58.9 Å². The standard InChI is InChI=1S/C27H34N2O3.C24H28N2O2/c1-5-19-6-7-22(26(12-19)31-4)17-32-24-10-11-25-18(2)21(9-8-20(25)13-24)14-29-15-23(16-29)27(30)28-3;1-17-20(13-26-14-21(15-26)24(27)25-2)9-8-19-12-22(10-11-23(17)19)28-16-18-6-4-3-5-7-18/h6-7,10-13,23H,5,8-9,14-17H2,1-4H3,(H,28,30);3-7,10-12,21H,8-9,13-16H2,1-2H3,(H,25,27). The van der Waals surface area contributed by atoms with E-state index in [1.54, 1.807) is 21.2 Å². The Labute approximate surface area is 356 Å². The van der Waals surface area contributed by atoms with Crippen LogP contribution in [0.1, 0.15) is 72.6 Å². The van der Waals surface area contributed by atoms with Crippen molar-refractivity contribution >= 4 is 23.0 Å². The number of nitrogens with zero attached hydrogens (tertiary/aromatic N) is 2. The van der Waals surface area contributed by atoms with Crippen LogP contribution in [0.5, 0.6) is 17.2 Å². The van der Waals surface area contributed by atoms with Crippen molar-refractivity contribution in [3.8, 4) is 17.2 Å². The van der Waals surface area contributed by atoms with Gasteiger partial charge in [-0.25, -0.2) is 0 Å². The highest BCUT2D eigenvalue weighted by molar-refractivity contribution is 5.80. The van der Waals surface area contributed by atoms with Crippen LogP contribution in [0, 0.1) is 11.8 Å². The van der Waals surface area contributed by atoms with Crippen LogP contribution in [0.25, 0.3) is 11.1 Å². The third kappa shape index (κ3) is 10.1. The lowest BCUT2D eigenvalue weighted by molar-refractivity contribution is -0.130. The number of likely N-dealkylation sites (tertiary alicyclic amines) is 2. The van der Waals surface area contributed by atoms with Crippen molar-refractivity contribution < 1.29 is 23.8 Å². The lowest BCUT2D eigenvalue weighted by Gasteiger charge is -2.39. The van der Waals surface area contributed by atoms with Gasteiger partial charge in [0.15, 0.2) is 0 Å². The second-order valence-electron chi connectivity index (χ2n) is 16.7. The summed E-state index contributed by atoms with van der Waals surface area (Å²) in [5.74, 6) is 3.36. The van der Waals surface area contributed by atoms with E-state index >= 15 is 0 Å². The SMILES string of the molecule is CCc1ccc(COc2ccc3c(c2)CCC(CN2CC(C(=O)NC)C2)=C3C)c(OC)c1.CNC(=O)C1CN(CC2=C(C)c3ccc(OCc4ccccc4)cc3CC2)C1. The summed E-state index contributed by atoms with van der Waals surface area (Å²) >= 11 is 0. The molecular formula is C51H62N4O5. The summed E-state index contributed by atoms with van der Waals surface area (Å²) in [6.45, 7) is 13.1. The van der Waals surface area contributed by atoms with Gasteiger partial charge in [0.25, 0.3) is 0 Å². The zero-order valence-corrected chi connectivity index (χ0v) is 36.4. The van der Waals surface area contributed by atoms with Crippen LogP contribution in [0.3, 0.4) is 0 Å². The molecule has 2 aliphatic heterocycles. The molecule has 2 saturated heterocycles. The summed E-state index contributed by atoms with van der Waals surface area (Å²) in [7, 11) is 5.14. The zero-order chi connectivity index (χ0) is 42.2. The van der Waals surface area contributed by atoms with Crippen LogP contribution < -0.4 is 24.8 Å². The predicted octanol–water partition coefficient (Wildman–Crippen LogP) is 7.90. The normalized spacial score (nSPS) is 16.7. The number of amides is 2. The van der Waals surface area contributed by atoms with Gasteiger partial charge in [-0.3, -0.25) is 19.4 Å². The molecule has 9 heteroatoms. The fourth-order valence-electron chi connectivity index (χ4n) is 8.90. The molecule has 0 atom stereocenters. The Balaban J connectivity index is 0.000000183. The first-order valence-electron chi connectivity index (χ1n) is 21.6. The molecule has 316 valence electrons. The van der Waals surface area contributed by atoms with E-state index in [0.29, 0.717) is 13.2 Å². The Morgan fingerprint density at radius 2 is 1.15 bits per heavy atom. The molecule has 0 saturated carbocycles. The van der Waals surface area contributed by atoms with E-state index in [4.69, 9.17) is 14.2 Å². The first kappa shape index (κ1) is 42.7. The highest BCUT2D eigenvalue weighted by Gasteiger charge is 2.34. The van der Waals surface area contributed by atoms with E-state index in [-0.39, 0.29) is 23.7 Å². The molecule has 4 aromatic carbocycles. The number of nitrogens with one attached hydrogen (secondary N) is 2. The zero-order valence-electron chi connectivity index (χ0n) is 36.4. The number of hydrogen-bond donors (Lipinski definition) is 2. The fourth-order valence-corrected chi connectivity index (χ4v) is 8.90. The Morgan fingerprint density at radius 1 is 0.633 bits per heavy atom. The summed E-state index contributed by atoms with van der Waals surface area (Å²) < 4.78 is 17.7. The maximum Gasteiger partial charge on any atom is 0.225 e. The largest absolute Gasteiger partial charge is 0.496 e. The quantitative estimate of drug-likeness (QED) is 0.134. The van der Waals surface area contributed by atoms with E-state index in [0.717, 1.165) is 94.2 Å². The van der Waals surface area contributed by atoms with Crippen molar-refractivity contribution in [3.63, 3.8) is 0 Å². The molecule has 4 aromatic rings. The molecular weight excluding hydrogens is 749 g/mol. The average molecular weight is 811 g/mol. The molecule has 4 aliphatic rings. The van der Waals surface area contributed by atoms with Crippen LogP contribution >= 0.6 is 0 Å². The average Bonchev–Trinajstić information content (AvgIpc) is 3.25. The van der Waals surface area contributed by atoms with Gasteiger partial charge in [0.2, 0.25) is 11.8 Å². The number of carbonyl (C=O) groups is 2. The van der Waals surface area contributed by atoms with Crippen molar-refractivity contribution in [2.45, 2.75) is 66.1 Å². The van der Waals surface area contributed by atoms with Gasteiger partial charge >= 0.3 is 0 Å². The van der Waals surface area contributed by atoms with Gasteiger partial charge in [-0.05, 0) is 121 Å². The summed E-state index contributed by atoms with van der Waals surface area (Å²) in [6, 6.07) is 29.5. The topological polar surface area (TPSA) is 92.4 Å². The number of hydrogen-bond acceptors (Lipinski definition) is 7. The van der Waals surface area contributed by atoms with Crippen LogP contribution in [0.15, 0.2) is 96.1 Å². The van der Waals surface area contributed by atoms with Crippen LogP contribution in [-0.4, -0.2) is 82.1 Å². The second-order valence-corrected chi connectivity index (χ2v) is 16.7. The van der Waals surface area contributed by atoms with Crippen LogP contribution in [0.4, 0.5) is 0 Å². The van der Waals surface area contributed by atoms with Gasteiger partial charge < -0.3 is 24.8 Å². The molecule has 2 heterocycles. The highest BCUT2D eigenvalue weighted by atomic mass is 16.5. The highest BCUT2D eigenvalue weighted by Crippen LogP contribution is 2.36. The molecule has 2 fully saturated rings. The summed E-state index contributed by atoms with van der Waals surface area (Å²) in [4.78, 5) is 28.2. The van der Waals surface area contributed by atoms with E-state index in [2.05, 4.69) is 108 Å². The van der Waals surface area contributed by atoms with Crippen LogP contribution in [0.2, 0.25) is 0 Å².